The molecule has 23 heavy (non-hydrogen) atoms. The predicted octanol–water partition coefficient (Wildman–Crippen LogP) is 4.29. The first-order chi connectivity index (χ1) is 11.1. The first kappa shape index (κ1) is 15.4. The molecular formula is C18H18FN3O. The maximum Gasteiger partial charge on any atom is 0.247 e. The summed E-state index contributed by atoms with van der Waals surface area (Å²) >= 11 is 0. The third-order valence-electron chi connectivity index (χ3n) is 3.70. The van der Waals surface area contributed by atoms with Crippen molar-refractivity contribution in [2.45, 2.75) is 25.9 Å². The molecule has 2 aromatic carbocycles. The van der Waals surface area contributed by atoms with Gasteiger partial charge in [-0.2, -0.15) is 0 Å². The molecule has 0 spiro atoms. The summed E-state index contributed by atoms with van der Waals surface area (Å²) in [7, 11) is 0. The molecular weight excluding hydrogens is 293 g/mol. The monoisotopic (exact) mass is 311 g/mol. The summed E-state index contributed by atoms with van der Waals surface area (Å²) in [6, 6.07) is 16.0. The Morgan fingerprint density at radius 3 is 2.30 bits per heavy atom. The van der Waals surface area contributed by atoms with Gasteiger partial charge in [-0.25, -0.2) is 4.39 Å². The molecule has 1 N–H and O–H groups in total. The van der Waals surface area contributed by atoms with E-state index in [2.05, 4.69) is 15.5 Å². The van der Waals surface area contributed by atoms with E-state index in [1.165, 1.54) is 12.1 Å². The molecule has 0 saturated heterocycles. The van der Waals surface area contributed by atoms with E-state index >= 15 is 0 Å². The van der Waals surface area contributed by atoms with Crippen LogP contribution in [0.4, 0.5) is 4.39 Å². The Balaban J connectivity index is 1.70. The average molecular weight is 311 g/mol. The van der Waals surface area contributed by atoms with Gasteiger partial charge in [0.2, 0.25) is 11.8 Å². The molecule has 0 aliphatic carbocycles. The lowest BCUT2D eigenvalue weighted by molar-refractivity contribution is 0.394. The Kier molecular flexibility index (Phi) is 4.48. The van der Waals surface area contributed by atoms with Crippen molar-refractivity contribution in [2.24, 2.45) is 0 Å². The predicted molar refractivity (Wildman–Crippen MR) is 86.1 cm³/mol. The van der Waals surface area contributed by atoms with Gasteiger partial charge in [0.05, 0.1) is 6.04 Å². The molecule has 3 rings (SSSR count). The van der Waals surface area contributed by atoms with E-state index in [0.29, 0.717) is 11.8 Å². The Bertz CT molecular complexity index is 755. The maximum absolute atomic E-state index is 13.0. The SMILES string of the molecule is C[C@H](N[C@H](C)c1nnc(-c2ccccc2)o1)c1ccc(F)cc1. The number of benzene rings is 2. The van der Waals surface area contributed by atoms with Crippen LogP contribution in [-0.2, 0) is 0 Å². The number of nitrogens with one attached hydrogen (secondary N) is 1. The molecule has 0 amide bonds. The Hall–Kier alpha value is -2.53. The fourth-order valence-corrected chi connectivity index (χ4v) is 2.40. The van der Waals surface area contributed by atoms with Crippen LogP contribution < -0.4 is 5.32 Å². The Morgan fingerprint density at radius 1 is 0.913 bits per heavy atom. The van der Waals surface area contributed by atoms with Crippen molar-refractivity contribution in [3.8, 4) is 11.5 Å². The van der Waals surface area contributed by atoms with Gasteiger partial charge in [0, 0.05) is 11.6 Å². The largest absolute Gasteiger partial charge is 0.419 e. The smallest absolute Gasteiger partial charge is 0.247 e. The van der Waals surface area contributed by atoms with Crippen molar-refractivity contribution in [1.82, 2.24) is 15.5 Å². The fraction of sp³-hybridized carbons (Fsp3) is 0.222. The molecule has 3 aromatic rings. The first-order valence-corrected chi connectivity index (χ1v) is 7.54. The molecule has 118 valence electrons. The number of aromatic nitrogens is 2. The van der Waals surface area contributed by atoms with E-state index in [4.69, 9.17) is 4.42 Å². The number of rotatable bonds is 5. The zero-order chi connectivity index (χ0) is 16.2. The molecule has 5 heteroatoms. The lowest BCUT2D eigenvalue weighted by atomic mass is 10.1. The Labute approximate surface area is 134 Å². The molecule has 0 fully saturated rings. The van der Waals surface area contributed by atoms with E-state index < -0.39 is 0 Å². The van der Waals surface area contributed by atoms with E-state index in [1.54, 1.807) is 12.1 Å². The summed E-state index contributed by atoms with van der Waals surface area (Å²) in [4.78, 5) is 0. The van der Waals surface area contributed by atoms with Crippen LogP contribution in [0.1, 0.15) is 37.4 Å². The number of hydrogen-bond acceptors (Lipinski definition) is 4. The molecule has 0 aliphatic rings. The molecule has 0 radical (unpaired) electrons. The lowest BCUT2D eigenvalue weighted by Crippen LogP contribution is -2.22. The van der Waals surface area contributed by atoms with Gasteiger partial charge < -0.3 is 4.42 Å². The quantitative estimate of drug-likeness (QED) is 0.764. The van der Waals surface area contributed by atoms with Crippen LogP contribution in [-0.4, -0.2) is 10.2 Å². The van der Waals surface area contributed by atoms with Crippen LogP contribution in [0.15, 0.2) is 59.0 Å². The second-order valence-electron chi connectivity index (χ2n) is 5.47. The standard InChI is InChI=1S/C18H18FN3O/c1-12(14-8-10-16(19)11-9-14)20-13(2)17-21-22-18(23-17)15-6-4-3-5-7-15/h3-13,20H,1-2H3/t12-,13+/m0/s1. The van der Waals surface area contributed by atoms with Crippen LogP contribution >= 0.6 is 0 Å². The number of hydrogen-bond donors (Lipinski definition) is 1. The highest BCUT2D eigenvalue weighted by Crippen LogP contribution is 2.22. The molecule has 0 saturated carbocycles. The lowest BCUT2D eigenvalue weighted by Gasteiger charge is -2.17. The third kappa shape index (κ3) is 3.63. The second-order valence-corrected chi connectivity index (χ2v) is 5.47. The normalized spacial score (nSPS) is 13.7. The highest BCUT2D eigenvalue weighted by molar-refractivity contribution is 5.51. The molecule has 2 atom stereocenters. The van der Waals surface area contributed by atoms with Crippen molar-refractivity contribution in [3.63, 3.8) is 0 Å². The van der Waals surface area contributed by atoms with Gasteiger partial charge in [-0.15, -0.1) is 10.2 Å². The van der Waals surface area contributed by atoms with Gasteiger partial charge in [-0.05, 0) is 43.7 Å². The molecule has 4 nitrogen and oxygen atoms in total. The van der Waals surface area contributed by atoms with E-state index in [-0.39, 0.29) is 17.9 Å². The zero-order valence-corrected chi connectivity index (χ0v) is 13.0. The minimum atomic E-state index is -0.238. The van der Waals surface area contributed by atoms with Gasteiger partial charge in [0.1, 0.15) is 5.82 Å². The number of nitrogens with zero attached hydrogens (tertiary/aromatic N) is 2. The maximum atomic E-state index is 13.0. The van der Waals surface area contributed by atoms with Crippen molar-refractivity contribution in [2.75, 3.05) is 0 Å². The van der Waals surface area contributed by atoms with Crippen LogP contribution in [0.2, 0.25) is 0 Å². The summed E-state index contributed by atoms with van der Waals surface area (Å²) in [5.74, 6) is 0.792. The summed E-state index contributed by atoms with van der Waals surface area (Å²) in [6.45, 7) is 3.97. The van der Waals surface area contributed by atoms with Crippen molar-refractivity contribution >= 4 is 0 Å². The molecule has 1 aromatic heterocycles. The Morgan fingerprint density at radius 2 is 1.61 bits per heavy atom. The van der Waals surface area contributed by atoms with Crippen LogP contribution in [0.5, 0.6) is 0 Å². The minimum Gasteiger partial charge on any atom is -0.419 e. The fourth-order valence-electron chi connectivity index (χ4n) is 2.40. The topological polar surface area (TPSA) is 51.0 Å². The van der Waals surface area contributed by atoms with Gasteiger partial charge in [0.15, 0.2) is 0 Å². The first-order valence-electron chi connectivity index (χ1n) is 7.54. The highest BCUT2D eigenvalue weighted by atomic mass is 19.1. The summed E-state index contributed by atoms with van der Waals surface area (Å²) < 4.78 is 18.7. The average Bonchev–Trinajstić information content (AvgIpc) is 3.06. The van der Waals surface area contributed by atoms with E-state index in [0.717, 1.165) is 11.1 Å². The van der Waals surface area contributed by atoms with E-state index in [1.807, 2.05) is 44.2 Å². The summed E-state index contributed by atoms with van der Waals surface area (Å²) in [6.07, 6.45) is 0. The van der Waals surface area contributed by atoms with Crippen LogP contribution in [0, 0.1) is 5.82 Å². The molecule has 0 aliphatic heterocycles. The van der Waals surface area contributed by atoms with E-state index in [9.17, 15) is 4.39 Å². The zero-order valence-electron chi connectivity index (χ0n) is 13.0. The summed E-state index contributed by atoms with van der Waals surface area (Å²) in [5.41, 5.74) is 1.89. The molecule has 1 heterocycles. The van der Waals surface area contributed by atoms with Crippen molar-refractivity contribution in [1.29, 1.82) is 0 Å². The van der Waals surface area contributed by atoms with Gasteiger partial charge in [-0.3, -0.25) is 5.32 Å². The molecule has 0 unspecified atom stereocenters. The second kappa shape index (κ2) is 6.71. The van der Waals surface area contributed by atoms with Crippen LogP contribution in [0.3, 0.4) is 0 Å². The van der Waals surface area contributed by atoms with Crippen molar-refractivity contribution in [3.05, 3.63) is 71.9 Å². The van der Waals surface area contributed by atoms with Gasteiger partial charge >= 0.3 is 0 Å². The molecule has 0 bridgehead atoms. The summed E-state index contributed by atoms with van der Waals surface area (Å²) in [5, 5.41) is 11.6. The minimum absolute atomic E-state index is 0.0395. The van der Waals surface area contributed by atoms with Crippen LogP contribution in [0.25, 0.3) is 11.5 Å². The highest BCUT2D eigenvalue weighted by Gasteiger charge is 2.17. The van der Waals surface area contributed by atoms with Gasteiger partial charge in [0.25, 0.3) is 0 Å². The van der Waals surface area contributed by atoms with Crippen molar-refractivity contribution < 1.29 is 8.81 Å². The van der Waals surface area contributed by atoms with Gasteiger partial charge in [-0.1, -0.05) is 30.3 Å². The number of halogens is 1. The third-order valence-corrected chi connectivity index (χ3v) is 3.70.